The molecule has 3 aromatic rings. The third kappa shape index (κ3) is 9.52. The molecule has 3 heteroatoms. The van der Waals surface area contributed by atoms with Crippen molar-refractivity contribution in [3.63, 3.8) is 0 Å². The summed E-state index contributed by atoms with van der Waals surface area (Å²) in [5.74, 6) is 0.957. The summed E-state index contributed by atoms with van der Waals surface area (Å²) in [5.41, 5.74) is 4.86. The van der Waals surface area contributed by atoms with Crippen molar-refractivity contribution in [2.45, 2.75) is 71.5 Å². The van der Waals surface area contributed by atoms with Crippen LogP contribution in [0.1, 0.15) is 76.0 Å². The highest BCUT2D eigenvalue weighted by Gasteiger charge is 2.09. The Bertz CT molecular complexity index is 888. The molecule has 0 saturated heterocycles. The number of unbranched alkanes of at least 4 members (excludes halogenated alkanes) is 5. The summed E-state index contributed by atoms with van der Waals surface area (Å²) in [6, 6.07) is 27.6. The molecular weight excluding hydrogens is 420 g/mol. The molecule has 0 bridgehead atoms. The minimum absolute atomic E-state index is 0.139. The fourth-order valence-electron chi connectivity index (χ4n) is 3.92. The molecule has 34 heavy (non-hydrogen) atoms. The van der Waals surface area contributed by atoms with Crippen LogP contribution in [0.15, 0.2) is 78.9 Å². The van der Waals surface area contributed by atoms with Gasteiger partial charge in [0.1, 0.15) is 12.5 Å². The minimum atomic E-state index is 0.139. The van der Waals surface area contributed by atoms with E-state index in [9.17, 15) is 0 Å². The van der Waals surface area contributed by atoms with E-state index in [-0.39, 0.29) is 6.10 Å². The second-order valence-corrected chi connectivity index (χ2v) is 8.46. The van der Waals surface area contributed by atoms with Crippen LogP contribution in [0, 0.1) is 0 Å². The Morgan fingerprint density at radius 3 is 1.91 bits per heavy atom. The van der Waals surface area contributed by atoms with Gasteiger partial charge in [0.2, 0.25) is 0 Å². The Labute approximate surface area is 206 Å². The maximum atomic E-state index is 8.00. The van der Waals surface area contributed by atoms with E-state index in [2.05, 4.69) is 86.6 Å². The van der Waals surface area contributed by atoms with Crippen molar-refractivity contribution in [2.24, 2.45) is 0 Å². The lowest BCUT2D eigenvalue weighted by Crippen LogP contribution is -2.03. The molecule has 3 aromatic carbocycles. The molecule has 0 aromatic heterocycles. The minimum Gasteiger partial charge on any atom is -0.494 e. The molecular formula is C31H40O3. The molecule has 0 fully saturated rings. The van der Waals surface area contributed by atoms with E-state index in [1.165, 1.54) is 54.4 Å². The average molecular weight is 461 g/mol. The zero-order valence-electron chi connectivity index (χ0n) is 20.9. The van der Waals surface area contributed by atoms with E-state index in [0.717, 1.165) is 25.2 Å². The molecule has 1 atom stereocenters. The van der Waals surface area contributed by atoms with Crippen LogP contribution in [0.3, 0.4) is 0 Å². The number of benzene rings is 3. The quantitative estimate of drug-likeness (QED) is 0.226. The van der Waals surface area contributed by atoms with Gasteiger partial charge in [0.15, 0.2) is 0 Å². The molecule has 0 heterocycles. The summed E-state index contributed by atoms with van der Waals surface area (Å²) < 4.78 is 12.1. The highest BCUT2D eigenvalue weighted by atomic mass is 16.5. The summed E-state index contributed by atoms with van der Waals surface area (Å²) in [5, 5.41) is 0. The lowest BCUT2D eigenvalue weighted by molar-refractivity contribution is -0.0979. The summed E-state index contributed by atoms with van der Waals surface area (Å²) in [7, 11) is 0. The molecule has 0 N–H and O–H groups in total. The fourth-order valence-corrected chi connectivity index (χ4v) is 3.92. The Balaban J connectivity index is 0.00000199. The summed E-state index contributed by atoms with van der Waals surface area (Å²) in [6.45, 7) is 7.85. The zero-order valence-corrected chi connectivity index (χ0v) is 20.9. The van der Waals surface area contributed by atoms with Crippen LogP contribution in [-0.4, -0.2) is 13.4 Å². The van der Waals surface area contributed by atoms with Crippen LogP contribution in [0.2, 0.25) is 0 Å². The van der Waals surface area contributed by atoms with Crippen molar-refractivity contribution in [3.8, 4) is 16.9 Å². The molecule has 0 saturated carbocycles. The second kappa shape index (κ2) is 16.7. The third-order valence-corrected chi connectivity index (χ3v) is 5.90. The molecule has 0 aliphatic heterocycles. The van der Waals surface area contributed by atoms with Crippen LogP contribution in [0.5, 0.6) is 5.75 Å². The predicted octanol–water partition coefficient (Wildman–Crippen LogP) is 8.58. The molecule has 0 aliphatic rings. The number of hydrogen-bond donors (Lipinski definition) is 0. The van der Waals surface area contributed by atoms with Crippen molar-refractivity contribution in [1.29, 1.82) is 0 Å². The van der Waals surface area contributed by atoms with E-state index in [4.69, 9.17) is 14.3 Å². The van der Waals surface area contributed by atoms with Gasteiger partial charge >= 0.3 is 0 Å². The SMILES string of the molecule is C=O.CCCCCCCCOc1ccc(-c2ccc(COC(CC)c3ccccc3)cc2)cc1. The van der Waals surface area contributed by atoms with E-state index in [0.29, 0.717) is 6.61 Å². The smallest absolute Gasteiger partial charge is 0.119 e. The molecule has 0 radical (unpaired) electrons. The molecule has 0 amide bonds. The predicted molar refractivity (Wildman–Crippen MR) is 142 cm³/mol. The highest BCUT2D eigenvalue weighted by molar-refractivity contribution is 5.64. The fraction of sp³-hybridized carbons (Fsp3) is 0.387. The van der Waals surface area contributed by atoms with Crippen LogP contribution in [0.25, 0.3) is 11.1 Å². The maximum absolute atomic E-state index is 8.00. The Morgan fingerprint density at radius 1 is 0.706 bits per heavy atom. The average Bonchev–Trinajstić information content (AvgIpc) is 2.91. The van der Waals surface area contributed by atoms with Gasteiger partial charge in [-0.15, -0.1) is 0 Å². The second-order valence-electron chi connectivity index (χ2n) is 8.46. The van der Waals surface area contributed by atoms with E-state index < -0.39 is 0 Å². The van der Waals surface area contributed by atoms with Gasteiger partial charge in [-0.25, -0.2) is 0 Å². The molecule has 0 aliphatic carbocycles. The van der Waals surface area contributed by atoms with E-state index in [1.54, 1.807) is 0 Å². The van der Waals surface area contributed by atoms with Gasteiger partial charge in [0.05, 0.1) is 19.3 Å². The lowest BCUT2D eigenvalue weighted by Gasteiger charge is -2.16. The zero-order chi connectivity index (χ0) is 24.4. The van der Waals surface area contributed by atoms with Gasteiger partial charge < -0.3 is 14.3 Å². The van der Waals surface area contributed by atoms with Crippen molar-refractivity contribution >= 4 is 6.79 Å². The Hall–Kier alpha value is -2.91. The van der Waals surface area contributed by atoms with Gasteiger partial charge in [-0.2, -0.15) is 0 Å². The molecule has 3 nitrogen and oxygen atoms in total. The molecule has 3 rings (SSSR count). The molecule has 182 valence electrons. The lowest BCUT2D eigenvalue weighted by atomic mass is 10.0. The monoisotopic (exact) mass is 460 g/mol. The van der Waals surface area contributed by atoms with Crippen molar-refractivity contribution in [2.75, 3.05) is 6.61 Å². The topological polar surface area (TPSA) is 35.5 Å². The van der Waals surface area contributed by atoms with E-state index >= 15 is 0 Å². The van der Waals surface area contributed by atoms with Crippen molar-refractivity contribution in [1.82, 2.24) is 0 Å². The van der Waals surface area contributed by atoms with Gasteiger partial charge in [0.25, 0.3) is 0 Å². The van der Waals surface area contributed by atoms with E-state index in [1.807, 2.05) is 12.9 Å². The first kappa shape index (κ1) is 27.3. The number of hydrogen-bond acceptors (Lipinski definition) is 3. The first-order valence-corrected chi connectivity index (χ1v) is 12.6. The number of carbonyl (C=O) groups is 1. The molecule has 0 spiro atoms. The third-order valence-electron chi connectivity index (χ3n) is 5.90. The number of ether oxygens (including phenoxy) is 2. The standard InChI is InChI=1S/C30H38O2.CH2O/c1-3-5-6-7-8-12-23-31-29-21-19-27(20-22-29)26-17-15-25(16-18-26)24-32-30(4-2)28-13-10-9-11-14-28;1-2/h9-11,13-22,30H,3-8,12,23-24H2,1-2H3;1H2. The van der Waals surface area contributed by atoms with Crippen molar-refractivity contribution < 1.29 is 14.3 Å². The summed E-state index contributed by atoms with van der Waals surface area (Å²) in [4.78, 5) is 8.00. The summed E-state index contributed by atoms with van der Waals surface area (Å²) in [6.07, 6.45) is 8.83. The normalized spacial score (nSPS) is 11.4. The van der Waals surface area contributed by atoms with Gasteiger partial charge in [-0.3, -0.25) is 0 Å². The van der Waals surface area contributed by atoms with Crippen LogP contribution in [0.4, 0.5) is 0 Å². The van der Waals surface area contributed by atoms with Gasteiger partial charge in [-0.1, -0.05) is 113 Å². The largest absolute Gasteiger partial charge is 0.494 e. The van der Waals surface area contributed by atoms with Crippen molar-refractivity contribution in [3.05, 3.63) is 90.0 Å². The Kier molecular flexibility index (Phi) is 13.4. The van der Waals surface area contributed by atoms with Crippen LogP contribution in [-0.2, 0) is 16.1 Å². The van der Waals surface area contributed by atoms with Crippen LogP contribution < -0.4 is 4.74 Å². The Morgan fingerprint density at radius 2 is 1.29 bits per heavy atom. The van der Waals surface area contributed by atoms with Crippen LogP contribution >= 0.6 is 0 Å². The number of rotatable bonds is 14. The summed E-state index contributed by atoms with van der Waals surface area (Å²) >= 11 is 0. The van der Waals surface area contributed by atoms with Gasteiger partial charge in [0, 0.05) is 0 Å². The molecule has 1 unspecified atom stereocenters. The first-order chi connectivity index (χ1) is 16.8. The maximum Gasteiger partial charge on any atom is 0.119 e. The number of carbonyl (C=O) groups excluding carboxylic acids is 1. The first-order valence-electron chi connectivity index (χ1n) is 12.6. The highest BCUT2D eigenvalue weighted by Crippen LogP contribution is 2.25. The van der Waals surface area contributed by atoms with Gasteiger partial charge in [-0.05, 0) is 47.2 Å².